The van der Waals surface area contributed by atoms with E-state index in [1.807, 2.05) is 0 Å². The number of nitrogens with one attached hydrogen (secondary N) is 4. The van der Waals surface area contributed by atoms with Crippen LogP contribution in [0.5, 0.6) is 0 Å². The van der Waals surface area contributed by atoms with Crippen LogP contribution in [-0.4, -0.2) is 56.7 Å². The number of likely N-dealkylation sites (N-methyl/N-ethyl adjacent to an activating group) is 1. The molecule has 0 saturated heterocycles. The van der Waals surface area contributed by atoms with Crippen molar-refractivity contribution in [2.45, 2.75) is 53.1 Å². The summed E-state index contributed by atoms with van der Waals surface area (Å²) in [7, 11) is -2.42. The van der Waals surface area contributed by atoms with Crippen LogP contribution in [0.15, 0.2) is 0 Å². The van der Waals surface area contributed by atoms with Gasteiger partial charge in [-0.25, -0.2) is 18.6 Å². The van der Waals surface area contributed by atoms with Crippen LogP contribution in [0.3, 0.4) is 0 Å². The number of amides is 3. The Bertz CT molecular complexity index is 642. The van der Waals surface area contributed by atoms with Gasteiger partial charge in [0.15, 0.2) is 0 Å². The number of hydroxylamine groups is 1. The number of carbonyl (C=O) groups is 3. The van der Waals surface area contributed by atoms with Crippen molar-refractivity contribution >= 4 is 27.7 Å². The van der Waals surface area contributed by atoms with E-state index in [1.165, 1.54) is 12.5 Å². The van der Waals surface area contributed by atoms with Crippen LogP contribution in [0.2, 0.25) is 0 Å². The second-order valence-electron chi connectivity index (χ2n) is 8.00. The van der Waals surface area contributed by atoms with Gasteiger partial charge in [0, 0.05) is 7.05 Å². The van der Waals surface area contributed by atoms with Crippen molar-refractivity contribution in [1.82, 2.24) is 20.8 Å². The molecule has 0 aliphatic heterocycles. The average molecular weight is 409 g/mol. The second-order valence-corrected chi connectivity index (χ2v) is 9.78. The van der Waals surface area contributed by atoms with Crippen molar-refractivity contribution in [2.24, 2.45) is 17.3 Å². The molecule has 27 heavy (non-hydrogen) atoms. The van der Waals surface area contributed by atoms with Gasteiger partial charge >= 0.3 is 0 Å². The Hall–Kier alpha value is -1.72. The van der Waals surface area contributed by atoms with Crippen molar-refractivity contribution in [3.63, 3.8) is 0 Å². The Balaban J connectivity index is 5.90. The van der Waals surface area contributed by atoms with Gasteiger partial charge in [-0.1, -0.05) is 34.6 Å². The lowest BCUT2D eigenvalue weighted by Gasteiger charge is -2.33. The van der Waals surface area contributed by atoms with E-state index in [-0.39, 0.29) is 12.3 Å². The highest BCUT2D eigenvalue weighted by Gasteiger charge is 2.39. The summed E-state index contributed by atoms with van der Waals surface area (Å²) in [5.41, 5.74) is 0.761. The van der Waals surface area contributed by atoms with Gasteiger partial charge in [-0.05, 0) is 17.8 Å². The zero-order chi connectivity index (χ0) is 21.6. The van der Waals surface area contributed by atoms with Crippen LogP contribution in [0, 0.1) is 17.3 Å². The maximum atomic E-state index is 12.9. The number of rotatable bonds is 9. The second kappa shape index (κ2) is 10.00. The molecule has 0 heterocycles. The van der Waals surface area contributed by atoms with Crippen molar-refractivity contribution in [3.05, 3.63) is 0 Å². The Kier molecular flexibility index (Phi) is 9.36. The Labute approximate surface area is 160 Å². The van der Waals surface area contributed by atoms with Crippen molar-refractivity contribution < 1.29 is 28.0 Å². The number of sulfonamides is 1. The molecule has 0 rings (SSSR count). The third-order valence-electron chi connectivity index (χ3n) is 3.86. The minimum Gasteiger partial charge on any atom is -0.357 e. The Morgan fingerprint density at radius 1 is 1.04 bits per heavy atom. The summed E-state index contributed by atoms with van der Waals surface area (Å²) in [5.74, 6) is -3.35. The molecular weight excluding hydrogens is 376 g/mol. The Morgan fingerprint density at radius 2 is 1.56 bits per heavy atom. The van der Waals surface area contributed by atoms with E-state index in [2.05, 4.69) is 15.4 Å². The van der Waals surface area contributed by atoms with Crippen LogP contribution in [0.25, 0.3) is 0 Å². The largest absolute Gasteiger partial charge is 0.357 e. The molecule has 0 spiro atoms. The molecule has 0 aromatic rings. The van der Waals surface area contributed by atoms with Gasteiger partial charge in [0.2, 0.25) is 21.8 Å². The van der Waals surface area contributed by atoms with Gasteiger partial charge in [0.05, 0.1) is 12.2 Å². The quantitative estimate of drug-likeness (QED) is 0.252. The average Bonchev–Trinajstić information content (AvgIpc) is 2.51. The molecule has 5 N–H and O–H groups in total. The molecule has 0 bridgehead atoms. The van der Waals surface area contributed by atoms with Crippen LogP contribution in [-0.2, 0) is 24.4 Å². The minimum absolute atomic E-state index is 0.0656. The van der Waals surface area contributed by atoms with Gasteiger partial charge in [-0.15, -0.1) is 0 Å². The smallest absolute Gasteiger partial charge is 0.262 e. The van der Waals surface area contributed by atoms with Crippen LogP contribution >= 0.6 is 0 Å². The summed E-state index contributed by atoms with van der Waals surface area (Å²) >= 11 is 0. The van der Waals surface area contributed by atoms with E-state index in [4.69, 9.17) is 5.21 Å². The number of carbonyl (C=O) groups excluding carboxylic acids is 3. The third-order valence-corrected chi connectivity index (χ3v) is 4.54. The van der Waals surface area contributed by atoms with Crippen LogP contribution in [0.1, 0.15) is 41.0 Å². The third kappa shape index (κ3) is 8.67. The highest BCUT2D eigenvalue weighted by molar-refractivity contribution is 7.88. The SMILES string of the molecule is CNC(=O)[C@@H](NC(=O)[C@H](CC(C)C)[C@H](NS(C)(=O)=O)C(=O)NO)C(C)(C)C. The molecule has 0 aromatic heterocycles. The van der Waals surface area contributed by atoms with Crippen LogP contribution in [0.4, 0.5) is 0 Å². The lowest BCUT2D eigenvalue weighted by Crippen LogP contribution is -2.59. The molecule has 158 valence electrons. The summed E-state index contributed by atoms with van der Waals surface area (Å²) in [5, 5.41) is 14.1. The molecule has 0 aliphatic rings. The van der Waals surface area contributed by atoms with E-state index in [1.54, 1.807) is 34.6 Å². The molecule has 0 unspecified atom stereocenters. The normalized spacial score (nSPS) is 15.6. The first-order chi connectivity index (χ1) is 12.1. The molecule has 0 aliphatic carbocycles. The standard InChI is InChI=1S/C16H32N4O6S/c1-9(2)8-10(11(14(22)19-24)20-27(7,25)26)13(21)18-12(15(23)17-6)16(3,4)5/h9-12,20,24H,8H2,1-7H3,(H,17,23)(H,18,21)(H,19,22)/t10-,11+,12-/m1/s1. The summed E-state index contributed by atoms with van der Waals surface area (Å²) in [6, 6.07) is -2.43. The predicted molar refractivity (Wildman–Crippen MR) is 100 cm³/mol. The lowest BCUT2D eigenvalue weighted by molar-refractivity contribution is -0.139. The molecule has 0 fully saturated rings. The van der Waals surface area contributed by atoms with Crippen molar-refractivity contribution in [3.8, 4) is 0 Å². The maximum Gasteiger partial charge on any atom is 0.262 e. The molecule has 3 amide bonds. The first kappa shape index (κ1) is 25.3. The molecule has 3 atom stereocenters. The predicted octanol–water partition coefficient (Wildman–Crippen LogP) is -0.651. The number of hydrogen-bond donors (Lipinski definition) is 5. The van der Waals surface area contributed by atoms with E-state index < -0.39 is 51.2 Å². The summed E-state index contributed by atoms with van der Waals surface area (Å²) in [4.78, 5) is 37.1. The molecule has 0 aromatic carbocycles. The Morgan fingerprint density at radius 3 is 1.89 bits per heavy atom. The fourth-order valence-corrected chi connectivity index (χ4v) is 3.32. The lowest BCUT2D eigenvalue weighted by atomic mass is 9.84. The topological polar surface area (TPSA) is 154 Å². The zero-order valence-corrected chi connectivity index (χ0v) is 17.7. The molecule has 0 radical (unpaired) electrons. The fraction of sp³-hybridized carbons (Fsp3) is 0.812. The first-order valence-electron chi connectivity index (χ1n) is 8.57. The highest BCUT2D eigenvalue weighted by Crippen LogP contribution is 2.22. The van der Waals surface area contributed by atoms with E-state index in [0.717, 1.165) is 6.26 Å². The molecule has 10 nitrogen and oxygen atoms in total. The highest BCUT2D eigenvalue weighted by atomic mass is 32.2. The zero-order valence-electron chi connectivity index (χ0n) is 16.9. The monoisotopic (exact) mass is 408 g/mol. The van der Waals surface area contributed by atoms with E-state index in [9.17, 15) is 22.8 Å². The van der Waals surface area contributed by atoms with Crippen LogP contribution < -0.4 is 20.8 Å². The van der Waals surface area contributed by atoms with Gasteiger partial charge in [-0.3, -0.25) is 19.6 Å². The number of hydrogen-bond acceptors (Lipinski definition) is 6. The summed E-state index contributed by atoms with van der Waals surface area (Å²) < 4.78 is 25.4. The van der Waals surface area contributed by atoms with E-state index in [0.29, 0.717) is 0 Å². The maximum absolute atomic E-state index is 12.9. The minimum atomic E-state index is -3.85. The molecule has 0 saturated carbocycles. The van der Waals surface area contributed by atoms with Gasteiger partial charge in [-0.2, -0.15) is 0 Å². The molecular formula is C16H32N4O6S. The fourth-order valence-electron chi connectivity index (χ4n) is 2.59. The molecule has 11 heteroatoms. The van der Waals surface area contributed by atoms with Gasteiger partial charge in [0.25, 0.3) is 5.91 Å². The van der Waals surface area contributed by atoms with Gasteiger partial charge < -0.3 is 10.6 Å². The van der Waals surface area contributed by atoms with Crippen molar-refractivity contribution in [2.75, 3.05) is 13.3 Å². The summed E-state index contributed by atoms with van der Waals surface area (Å²) in [6.07, 6.45) is 0.995. The van der Waals surface area contributed by atoms with Crippen molar-refractivity contribution in [1.29, 1.82) is 0 Å². The first-order valence-corrected chi connectivity index (χ1v) is 10.5. The van der Waals surface area contributed by atoms with E-state index >= 15 is 0 Å². The van der Waals surface area contributed by atoms with Gasteiger partial charge in [0.1, 0.15) is 12.1 Å². The summed E-state index contributed by atoms with van der Waals surface area (Å²) in [6.45, 7) is 8.88.